The molecule has 0 N–H and O–H groups in total. The second kappa shape index (κ2) is 23.4. The first-order chi connectivity index (χ1) is 44.6. The molecule has 2 heteroatoms. The average molecular weight is 1150 g/mol. The first-order valence-electron chi connectivity index (χ1n) is 31.0. The van der Waals surface area contributed by atoms with Gasteiger partial charge in [0.05, 0.1) is 11.4 Å². The van der Waals surface area contributed by atoms with Gasteiger partial charge in [0.25, 0.3) is 0 Å². The van der Waals surface area contributed by atoms with Crippen molar-refractivity contribution >= 4 is 77.2 Å². The molecule has 0 unspecified atom stereocenters. The van der Waals surface area contributed by atoms with Crippen molar-refractivity contribution in [2.75, 3.05) is 9.80 Å². The van der Waals surface area contributed by atoms with Crippen molar-refractivity contribution in [1.82, 2.24) is 0 Å². The van der Waals surface area contributed by atoms with Crippen LogP contribution in [0.3, 0.4) is 0 Å². The minimum Gasteiger partial charge on any atom is -0.310 e. The Balaban J connectivity index is 0.773. The van der Waals surface area contributed by atoms with E-state index >= 15 is 0 Å². The Hall–Kier alpha value is -11.8. The van der Waals surface area contributed by atoms with Gasteiger partial charge in [0.1, 0.15) is 0 Å². The van der Waals surface area contributed by atoms with Gasteiger partial charge in [0.2, 0.25) is 0 Å². The van der Waals surface area contributed by atoms with Crippen LogP contribution in [-0.2, 0) is 0 Å². The second-order valence-electron chi connectivity index (χ2n) is 23.2. The van der Waals surface area contributed by atoms with E-state index in [0.29, 0.717) is 0 Å². The number of hydrogen-bond acceptors (Lipinski definition) is 2. The third-order valence-corrected chi connectivity index (χ3v) is 17.8. The molecule has 0 bridgehead atoms. The van der Waals surface area contributed by atoms with E-state index in [0.717, 1.165) is 73.1 Å². The third-order valence-electron chi connectivity index (χ3n) is 17.8. The Morgan fingerprint density at radius 1 is 0.156 bits per heavy atom. The molecule has 0 fully saturated rings. The number of benzene rings is 16. The molecule has 0 aliphatic carbocycles. The Kier molecular flexibility index (Phi) is 14.0. The van der Waals surface area contributed by atoms with Crippen LogP contribution in [0.15, 0.2) is 364 Å². The molecule has 422 valence electrons. The van der Waals surface area contributed by atoms with E-state index < -0.39 is 0 Å². The SMILES string of the molecule is c1ccc(-c2ccc(N(c3cccc(-c4ccc(-c5cccc(-c6cccc(N(c7cccc(-c8ccccc8)c7)c7ccc8ccccc8c7-c7cccc8ccccc78)c6)c5)cc4)c3)c3ccc4ccccc4c3-c3cccc4ccccc34)cc2)cc1. The molecule has 16 aromatic rings. The molecule has 90 heavy (non-hydrogen) atoms. The van der Waals surface area contributed by atoms with Crippen molar-refractivity contribution in [3.8, 4) is 77.9 Å². The summed E-state index contributed by atoms with van der Waals surface area (Å²) in [7, 11) is 0. The molecule has 0 atom stereocenters. The van der Waals surface area contributed by atoms with Crippen molar-refractivity contribution in [2.24, 2.45) is 0 Å². The maximum Gasteiger partial charge on any atom is 0.0546 e. The summed E-state index contributed by atoms with van der Waals surface area (Å²) in [5.74, 6) is 0. The summed E-state index contributed by atoms with van der Waals surface area (Å²) in [6.07, 6.45) is 0. The molecule has 0 spiro atoms. The summed E-state index contributed by atoms with van der Waals surface area (Å²) in [6, 6.07) is 133. The summed E-state index contributed by atoms with van der Waals surface area (Å²) in [6.45, 7) is 0. The van der Waals surface area contributed by atoms with Crippen molar-refractivity contribution < 1.29 is 0 Å². The fourth-order valence-corrected chi connectivity index (χ4v) is 13.5. The van der Waals surface area contributed by atoms with Crippen LogP contribution in [0.4, 0.5) is 34.1 Å². The number of rotatable bonds is 13. The van der Waals surface area contributed by atoms with E-state index in [2.05, 4.69) is 374 Å². The smallest absolute Gasteiger partial charge is 0.0546 e. The number of hydrogen-bond donors (Lipinski definition) is 0. The first kappa shape index (κ1) is 53.6. The summed E-state index contributed by atoms with van der Waals surface area (Å²) < 4.78 is 0. The van der Waals surface area contributed by atoms with Crippen LogP contribution in [0.2, 0.25) is 0 Å². The molecule has 16 rings (SSSR count). The number of fused-ring (bicyclic) bond motifs is 4. The van der Waals surface area contributed by atoms with Crippen LogP contribution in [0.5, 0.6) is 0 Å². The van der Waals surface area contributed by atoms with Crippen LogP contribution >= 0.6 is 0 Å². The normalized spacial score (nSPS) is 11.3. The molecule has 0 saturated carbocycles. The zero-order chi connectivity index (χ0) is 59.7. The van der Waals surface area contributed by atoms with E-state index in [1.165, 1.54) is 82.0 Å². The van der Waals surface area contributed by atoms with Gasteiger partial charge < -0.3 is 9.80 Å². The Labute approximate surface area is 525 Å². The Morgan fingerprint density at radius 2 is 0.433 bits per heavy atom. The van der Waals surface area contributed by atoms with Crippen molar-refractivity contribution in [1.29, 1.82) is 0 Å². The van der Waals surface area contributed by atoms with E-state index in [4.69, 9.17) is 0 Å². The predicted octanol–water partition coefficient (Wildman–Crippen LogP) is 24.9. The van der Waals surface area contributed by atoms with E-state index in [-0.39, 0.29) is 0 Å². The lowest BCUT2D eigenvalue weighted by Crippen LogP contribution is -2.12. The summed E-state index contributed by atoms with van der Waals surface area (Å²) >= 11 is 0. The lowest BCUT2D eigenvalue weighted by Gasteiger charge is -2.30. The van der Waals surface area contributed by atoms with Crippen LogP contribution in [0.25, 0.3) is 121 Å². The molecule has 0 aliphatic heterocycles. The van der Waals surface area contributed by atoms with E-state index in [1.807, 2.05) is 0 Å². The van der Waals surface area contributed by atoms with Crippen LogP contribution in [-0.4, -0.2) is 0 Å². The van der Waals surface area contributed by atoms with Gasteiger partial charge in [-0.1, -0.05) is 297 Å². The number of anilines is 6. The summed E-state index contributed by atoms with van der Waals surface area (Å²) in [5, 5.41) is 9.69. The van der Waals surface area contributed by atoms with Crippen molar-refractivity contribution in [3.63, 3.8) is 0 Å². The predicted molar refractivity (Wildman–Crippen MR) is 384 cm³/mol. The Morgan fingerprint density at radius 3 is 0.889 bits per heavy atom. The highest BCUT2D eigenvalue weighted by molar-refractivity contribution is 6.13. The van der Waals surface area contributed by atoms with Gasteiger partial charge in [-0.05, 0) is 177 Å². The van der Waals surface area contributed by atoms with Gasteiger partial charge in [-0.2, -0.15) is 0 Å². The van der Waals surface area contributed by atoms with Crippen LogP contribution < -0.4 is 9.80 Å². The fourth-order valence-electron chi connectivity index (χ4n) is 13.5. The maximum absolute atomic E-state index is 2.46. The van der Waals surface area contributed by atoms with Gasteiger partial charge in [-0.15, -0.1) is 0 Å². The largest absolute Gasteiger partial charge is 0.310 e. The first-order valence-corrected chi connectivity index (χ1v) is 31.0. The molecular formula is C88H60N2. The van der Waals surface area contributed by atoms with E-state index in [9.17, 15) is 0 Å². The third kappa shape index (κ3) is 10.1. The average Bonchev–Trinajstić information content (AvgIpc) is 0.817. The zero-order valence-corrected chi connectivity index (χ0v) is 49.5. The van der Waals surface area contributed by atoms with Gasteiger partial charge in [-0.3, -0.25) is 0 Å². The Bertz CT molecular complexity index is 5290. The highest BCUT2D eigenvalue weighted by Gasteiger charge is 2.24. The standard InChI is InChI=1S/C88H60N2/c1-3-21-61(22-4-1)63-49-53-75(54-50-63)89(85-55-51-68-27-9-13-41-81(68)87(85)83-43-19-29-66-25-7-11-39-79(66)83)76-36-17-34-73(59-76)65-47-45-64(46-48-65)70-31-15-32-71(57-70)74-35-18-38-78(60-74)90(77-37-16-33-72(58-77)62-23-5-2-6-24-62)86-56-52-69-28-10-14-42-82(69)88(86)84-44-20-30-67-26-8-12-40-80(67)84/h1-60H. The van der Waals surface area contributed by atoms with Crippen LogP contribution in [0, 0.1) is 0 Å². The molecule has 16 aromatic carbocycles. The molecular weight excluding hydrogens is 1080 g/mol. The quantitative estimate of drug-likeness (QED) is 0.114. The highest BCUT2D eigenvalue weighted by Crippen LogP contribution is 2.50. The van der Waals surface area contributed by atoms with Gasteiger partial charge in [0, 0.05) is 33.9 Å². The molecule has 2 nitrogen and oxygen atoms in total. The maximum atomic E-state index is 2.46. The highest BCUT2D eigenvalue weighted by atomic mass is 15.2. The number of nitrogens with zero attached hydrogens (tertiary/aromatic N) is 2. The summed E-state index contributed by atoms with van der Waals surface area (Å²) in [4.78, 5) is 4.91. The van der Waals surface area contributed by atoms with Crippen LogP contribution in [0.1, 0.15) is 0 Å². The molecule has 0 radical (unpaired) electrons. The summed E-state index contributed by atoms with van der Waals surface area (Å²) in [5.41, 5.74) is 22.9. The van der Waals surface area contributed by atoms with Gasteiger partial charge in [0.15, 0.2) is 0 Å². The molecule has 0 aromatic heterocycles. The molecule has 0 heterocycles. The zero-order valence-electron chi connectivity index (χ0n) is 49.5. The van der Waals surface area contributed by atoms with Gasteiger partial charge in [-0.25, -0.2) is 0 Å². The second-order valence-corrected chi connectivity index (χ2v) is 23.2. The molecule has 0 amide bonds. The minimum absolute atomic E-state index is 1.07. The van der Waals surface area contributed by atoms with Gasteiger partial charge >= 0.3 is 0 Å². The monoisotopic (exact) mass is 1140 g/mol. The van der Waals surface area contributed by atoms with Crippen molar-refractivity contribution in [2.45, 2.75) is 0 Å². The molecule has 0 aliphatic rings. The van der Waals surface area contributed by atoms with Crippen molar-refractivity contribution in [3.05, 3.63) is 364 Å². The topological polar surface area (TPSA) is 6.48 Å². The minimum atomic E-state index is 1.07. The fraction of sp³-hybridized carbons (Fsp3) is 0. The van der Waals surface area contributed by atoms with E-state index in [1.54, 1.807) is 0 Å². The lowest BCUT2D eigenvalue weighted by molar-refractivity contribution is 1.29. The molecule has 0 saturated heterocycles. The lowest BCUT2D eigenvalue weighted by atomic mass is 9.91.